The van der Waals surface area contributed by atoms with Gasteiger partial charge in [0.15, 0.2) is 0 Å². The van der Waals surface area contributed by atoms with Crippen molar-refractivity contribution in [3.63, 3.8) is 0 Å². The van der Waals surface area contributed by atoms with E-state index >= 15 is 0 Å². The quantitative estimate of drug-likeness (QED) is 0.724. The van der Waals surface area contributed by atoms with Gasteiger partial charge in [0.05, 0.1) is 0 Å². The van der Waals surface area contributed by atoms with E-state index in [0.717, 1.165) is 12.8 Å². The van der Waals surface area contributed by atoms with Crippen LogP contribution in [0.4, 0.5) is 0 Å². The monoisotopic (exact) mass is 241 g/mol. The van der Waals surface area contributed by atoms with Gasteiger partial charge in [-0.1, -0.05) is 20.3 Å². The molecule has 5 heteroatoms. The van der Waals surface area contributed by atoms with Crippen LogP contribution in [0.5, 0.6) is 0 Å². The number of amides is 2. The number of carbonyl (C=O) groups is 2. The summed E-state index contributed by atoms with van der Waals surface area (Å²) in [6.45, 7) is 5.11. The van der Waals surface area contributed by atoms with Crippen molar-refractivity contribution in [1.29, 1.82) is 0 Å². The molecule has 2 unspecified atom stereocenters. The molecular weight excluding hydrogens is 218 g/mol. The van der Waals surface area contributed by atoms with Crippen LogP contribution in [0.15, 0.2) is 0 Å². The molecule has 0 spiro atoms. The Kier molecular flexibility index (Phi) is 5.41. The predicted octanol–water partition coefficient (Wildman–Crippen LogP) is 0.241. The van der Waals surface area contributed by atoms with Crippen LogP contribution in [0.3, 0.4) is 0 Å². The standard InChI is InChI=1S/C12H23N3O2/c1-3-5-9(13)8-11(16)15-7-6-14-12(17)10(15)4-2/h9-10H,3-8,13H2,1-2H3,(H,14,17). The van der Waals surface area contributed by atoms with Gasteiger partial charge in [0.1, 0.15) is 6.04 Å². The van der Waals surface area contributed by atoms with E-state index in [2.05, 4.69) is 5.32 Å². The molecule has 0 saturated carbocycles. The smallest absolute Gasteiger partial charge is 0.242 e. The van der Waals surface area contributed by atoms with Crippen LogP contribution >= 0.6 is 0 Å². The molecule has 0 aromatic carbocycles. The second kappa shape index (κ2) is 6.59. The Morgan fingerprint density at radius 2 is 2.29 bits per heavy atom. The number of hydrogen-bond acceptors (Lipinski definition) is 3. The van der Waals surface area contributed by atoms with Gasteiger partial charge in [-0.15, -0.1) is 0 Å². The number of nitrogens with two attached hydrogens (primary N) is 1. The van der Waals surface area contributed by atoms with Gasteiger partial charge >= 0.3 is 0 Å². The second-order valence-electron chi connectivity index (χ2n) is 4.56. The summed E-state index contributed by atoms with van der Waals surface area (Å²) in [5.74, 6) is -0.0381. The molecule has 5 nitrogen and oxygen atoms in total. The van der Waals surface area contributed by atoms with Crippen LogP contribution in [-0.2, 0) is 9.59 Å². The van der Waals surface area contributed by atoms with Crippen molar-refractivity contribution in [3.05, 3.63) is 0 Å². The lowest BCUT2D eigenvalue weighted by Gasteiger charge is -2.35. The molecule has 1 aliphatic rings. The van der Waals surface area contributed by atoms with E-state index < -0.39 is 0 Å². The fourth-order valence-electron chi connectivity index (χ4n) is 2.23. The minimum Gasteiger partial charge on any atom is -0.353 e. The number of piperazine rings is 1. The van der Waals surface area contributed by atoms with Gasteiger partial charge in [0, 0.05) is 25.6 Å². The van der Waals surface area contributed by atoms with Crippen molar-refractivity contribution in [2.45, 2.75) is 51.6 Å². The number of hydrogen-bond donors (Lipinski definition) is 2. The molecule has 98 valence electrons. The van der Waals surface area contributed by atoms with Gasteiger partial charge in [-0.05, 0) is 12.8 Å². The number of nitrogens with one attached hydrogen (secondary N) is 1. The molecular formula is C12H23N3O2. The van der Waals surface area contributed by atoms with E-state index in [1.165, 1.54) is 0 Å². The molecule has 1 aliphatic heterocycles. The first-order valence-electron chi connectivity index (χ1n) is 6.42. The fourth-order valence-corrected chi connectivity index (χ4v) is 2.23. The zero-order valence-electron chi connectivity index (χ0n) is 10.7. The molecule has 2 amide bonds. The second-order valence-corrected chi connectivity index (χ2v) is 4.56. The Hall–Kier alpha value is -1.10. The Morgan fingerprint density at radius 3 is 2.88 bits per heavy atom. The van der Waals surface area contributed by atoms with Crippen LogP contribution in [0, 0.1) is 0 Å². The normalized spacial score (nSPS) is 22.2. The van der Waals surface area contributed by atoms with Gasteiger partial charge in [-0.2, -0.15) is 0 Å². The van der Waals surface area contributed by atoms with Crippen LogP contribution < -0.4 is 11.1 Å². The summed E-state index contributed by atoms with van der Waals surface area (Å²) in [7, 11) is 0. The van der Waals surface area contributed by atoms with Crippen molar-refractivity contribution in [1.82, 2.24) is 10.2 Å². The van der Waals surface area contributed by atoms with E-state index in [0.29, 0.717) is 25.9 Å². The third kappa shape index (κ3) is 3.70. The molecule has 1 rings (SSSR count). The topological polar surface area (TPSA) is 75.4 Å². The molecule has 0 aromatic heterocycles. The Balaban J connectivity index is 2.57. The van der Waals surface area contributed by atoms with E-state index in [1.54, 1.807) is 4.90 Å². The van der Waals surface area contributed by atoms with Gasteiger partial charge in [0.25, 0.3) is 0 Å². The third-order valence-electron chi connectivity index (χ3n) is 3.13. The van der Waals surface area contributed by atoms with Crippen molar-refractivity contribution < 1.29 is 9.59 Å². The van der Waals surface area contributed by atoms with Crippen LogP contribution in [0.25, 0.3) is 0 Å². The highest BCUT2D eigenvalue weighted by molar-refractivity contribution is 5.88. The average Bonchev–Trinajstić information content (AvgIpc) is 2.28. The molecule has 0 bridgehead atoms. The lowest BCUT2D eigenvalue weighted by atomic mass is 10.1. The molecule has 3 N–H and O–H groups in total. The molecule has 0 aliphatic carbocycles. The minimum atomic E-state index is -0.315. The Bertz CT molecular complexity index is 281. The first-order chi connectivity index (χ1) is 8.10. The predicted molar refractivity (Wildman–Crippen MR) is 66.3 cm³/mol. The van der Waals surface area contributed by atoms with E-state index in [-0.39, 0.29) is 23.9 Å². The van der Waals surface area contributed by atoms with Crippen LogP contribution in [0.1, 0.15) is 39.5 Å². The number of rotatable bonds is 5. The maximum absolute atomic E-state index is 12.1. The molecule has 0 radical (unpaired) electrons. The maximum atomic E-state index is 12.1. The summed E-state index contributed by atoms with van der Waals surface area (Å²) >= 11 is 0. The van der Waals surface area contributed by atoms with E-state index in [1.807, 2.05) is 13.8 Å². The Morgan fingerprint density at radius 1 is 1.59 bits per heavy atom. The number of nitrogens with zero attached hydrogens (tertiary/aromatic N) is 1. The first-order valence-corrected chi connectivity index (χ1v) is 6.42. The molecule has 0 aromatic rings. The van der Waals surface area contributed by atoms with Crippen molar-refractivity contribution >= 4 is 11.8 Å². The summed E-state index contributed by atoms with van der Waals surface area (Å²) in [5, 5.41) is 2.78. The molecule has 1 saturated heterocycles. The number of carbonyl (C=O) groups excluding carboxylic acids is 2. The largest absolute Gasteiger partial charge is 0.353 e. The Labute approximate surface area is 103 Å². The highest BCUT2D eigenvalue weighted by Gasteiger charge is 2.31. The third-order valence-corrected chi connectivity index (χ3v) is 3.13. The van der Waals surface area contributed by atoms with Crippen molar-refractivity contribution in [2.24, 2.45) is 5.73 Å². The minimum absolute atomic E-state index is 0.00708. The van der Waals surface area contributed by atoms with Gasteiger partial charge in [-0.3, -0.25) is 9.59 Å². The molecule has 2 atom stereocenters. The summed E-state index contributed by atoms with van der Waals surface area (Å²) in [5.41, 5.74) is 5.87. The zero-order chi connectivity index (χ0) is 12.8. The maximum Gasteiger partial charge on any atom is 0.242 e. The molecule has 17 heavy (non-hydrogen) atoms. The van der Waals surface area contributed by atoms with E-state index in [9.17, 15) is 9.59 Å². The summed E-state index contributed by atoms with van der Waals surface area (Å²) in [4.78, 5) is 25.4. The SMILES string of the molecule is CCCC(N)CC(=O)N1CCNC(=O)C1CC. The average molecular weight is 241 g/mol. The zero-order valence-corrected chi connectivity index (χ0v) is 10.7. The highest BCUT2D eigenvalue weighted by Crippen LogP contribution is 2.12. The lowest BCUT2D eigenvalue weighted by molar-refractivity contribution is -0.143. The summed E-state index contributed by atoms with van der Waals surface area (Å²) < 4.78 is 0. The first kappa shape index (κ1) is 14.0. The van der Waals surface area contributed by atoms with Crippen LogP contribution in [0.2, 0.25) is 0 Å². The van der Waals surface area contributed by atoms with Crippen molar-refractivity contribution in [3.8, 4) is 0 Å². The van der Waals surface area contributed by atoms with E-state index in [4.69, 9.17) is 5.73 Å². The van der Waals surface area contributed by atoms with Gasteiger partial charge < -0.3 is 16.0 Å². The van der Waals surface area contributed by atoms with Gasteiger partial charge in [-0.25, -0.2) is 0 Å². The van der Waals surface area contributed by atoms with Crippen molar-refractivity contribution in [2.75, 3.05) is 13.1 Å². The fraction of sp³-hybridized carbons (Fsp3) is 0.833. The lowest BCUT2D eigenvalue weighted by Crippen LogP contribution is -2.57. The highest BCUT2D eigenvalue weighted by atomic mass is 16.2. The van der Waals surface area contributed by atoms with Gasteiger partial charge in [0.2, 0.25) is 11.8 Å². The summed E-state index contributed by atoms with van der Waals surface area (Å²) in [6, 6.07) is -0.403. The molecule has 1 fully saturated rings. The van der Waals surface area contributed by atoms with Crippen LogP contribution in [-0.4, -0.2) is 41.9 Å². The molecule has 1 heterocycles. The summed E-state index contributed by atoms with van der Waals surface area (Å²) in [6.07, 6.45) is 2.83.